The van der Waals surface area contributed by atoms with Crippen LogP contribution < -0.4 is 5.32 Å². The van der Waals surface area contributed by atoms with Crippen molar-refractivity contribution in [1.29, 1.82) is 0 Å². The topological polar surface area (TPSA) is 69.7 Å². The monoisotopic (exact) mass is 371 g/mol. The Morgan fingerprint density at radius 1 is 1.25 bits per heavy atom. The Hall–Kier alpha value is -0.960. The molecule has 134 valence electrons. The summed E-state index contributed by atoms with van der Waals surface area (Å²) in [5.74, 6) is -0.192. The molecule has 8 heteroatoms. The van der Waals surface area contributed by atoms with Gasteiger partial charge in [0, 0.05) is 43.9 Å². The van der Waals surface area contributed by atoms with Gasteiger partial charge in [0.2, 0.25) is 5.91 Å². The highest BCUT2D eigenvalue weighted by Gasteiger charge is 2.50. The average molecular weight is 372 g/mol. The van der Waals surface area contributed by atoms with Crippen LogP contribution in [0, 0.1) is 0 Å². The second-order valence-electron chi connectivity index (χ2n) is 6.66. The zero-order chi connectivity index (χ0) is 17.2. The molecule has 0 unspecified atom stereocenters. The van der Waals surface area contributed by atoms with Crippen molar-refractivity contribution >= 4 is 27.1 Å². The fourth-order valence-corrected chi connectivity index (χ4v) is 5.73. The van der Waals surface area contributed by atoms with E-state index in [9.17, 15) is 13.2 Å². The number of carbonyl (C=O) groups is 1. The average Bonchev–Trinajstić information content (AvgIpc) is 3.07. The highest BCUT2D eigenvalue weighted by molar-refractivity contribution is 7.92. The van der Waals surface area contributed by atoms with Gasteiger partial charge in [-0.15, -0.1) is 11.3 Å². The molecule has 0 saturated carbocycles. The van der Waals surface area contributed by atoms with Crippen LogP contribution in [0.4, 0.5) is 0 Å². The molecule has 3 heterocycles. The first-order chi connectivity index (χ1) is 11.4. The summed E-state index contributed by atoms with van der Waals surface area (Å²) < 4.78 is 23.5. The maximum absolute atomic E-state index is 13.0. The third kappa shape index (κ3) is 3.51. The van der Waals surface area contributed by atoms with E-state index in [1.165, 1.54) is 11.1 Å². The molecule has 0 spiro atoms. The molecule has 1 N–H and O–H groups in total. The molecule has 2 aliphatic heterocycles. The molecular weight excluding hydrogens is 346 g/mol. The van der Waals surface area contributed by atoms with Crippen molar-refractivity contribution in [2.75, 3.05) is 45.5 Å². The van der Waals surface area contributed by atoms with E-state index in [-0.39, 0.29) is 5.91 Å². The molecule has 2 fully saturated rings. The van der Waals surface area contributed by atoms with Gasteiger partial charge in [-0.1, -0.05) is 6.07 Å². The van der Waals surface area contributed by atoms with E-state index in [0.29, 0.717) is 39.0 Å². The molecule has 0 aliphatic carbocycles. The first kappa shape index (κ1) is 17.8. The molecule has 6 nitrogen and oxygen atoms in total. The van der Waals surface area contributed by atoms with Crippen molar-refractivity contribution in [2.45, 2.75) is 24.1 Å². The first-order valence-electron chi connectivity index (χ1n) is 8.37. The van der Waals surface area contributed by atoms with Crippen LogP contribution >= 0.6 is 11.3 Å². The maximum atomic E-state index is 13.0. The molecule has 24 heavy (non-hydrogen) atoms. The summed E-state index contributed by atoms with van der Waals surface area (Å²) in [7, 11) is -3.43. The Bertz CT molecular complexity index is 659. The van der Waals surface area contributed by atoms with Gasteiger partial charge < -0.3 is 10.2 Å². The fraction of sp³-hybridized carbons (Fsp3) is 0.688. The van der Waals surface area contributed by atoms with Gasteiger partial charge in [-0.25, -0.2) is 8.42 Å². The third-order valence-corrected chi connectivity index (χ3v) is 7.99. The third-order valence-electron chi connectivity index (χ3n) is 5.13. The number of sulfone groups is 1. The second kappa shape index (κ2) is 7.11. The lowest BCUT2D eigenvalue weighted by atomic mass is 9.95. The van der Waals surface area contributed by atoms with E-state index in [2.05, 4.69) is 21.7 Å². The van der Waals surface area contributed by atoms with Gasteiger partial charge in [0.25, 0.3) is 0 Å². The summed E-state index contributed by atoms with van der Waals surface area (Å²) >= 11 is 1.74. The fourth-order valence-electron chi connectivity index (χ4n) is 3.59. The standard InChI is InChI=1S/C16H25N3O3S2/c1-24(21,22)16(4-6-17-7-5-16)15(20)19-10-8-18(9-11-19)13-14-3-2-12-23-14/h2-3,12,17H,4-11,13H2,1H3. The zero-order valence-corrected chi connectivity index (χ0v) is 15.7. The smallest absolute Gasteiger partial charge is 0.244 e. The van der Waals surface area contributed by atoms with Crippen molar-refractivity contribution in [2.24, 2.45) is 0 Å². The number of rotatable bonds is 4. The Morgan fingerprint density at radius 3 is 2.46 bits per heavy atom. The molecule has 0 bridgehead atoms. The largest absolute Gasteiger partial charge is 0.339 e. The number of piperazine rings is 1. The summed E-state index contributed by atoms with van der Waals surface area (Å²) in [5.41, 5.74) is 0. The van der Waals surface area contributed by atoms with Crippen LogP contribution in [0.1, 0.15) is 17.7 Å². The molecule has 0 radical (unpaired) electrons. The van der Waals surface area contributed by atoms with Crippen LogP contribution in [-0.4, -0.2) is 74.4 Å². The van der Waals surface area contributed by atoms with Crippen LogP contribution in [0.15, 0.2) is 17.5 Å². The molecule has 0 atom stereocenters. The van der Waals surface area contributed by atoms with E-state index in [1.807, 2.05) is 6.07 Å². The minimum atomic E-state index is -3.43. The van der Waals surface area contributed by atoms with Crippen LogP contribution in [0.25, 0.3) is 0 Å². The predicted molar refractivity (Wildman–Crippen MR) is 95.9 cm³/mol. The Morgan fingerprint density at radius 2 is 1.92 bits per heavy atom. The lowest BCUT2D eigenvalue weighted by Gasteiger charge is -2.41. The number of hydrogen-bond donors (Lipinski definition) is 1. The van der Waals surface area contributed by atoms with Crippen molar-refractivity contribution in [3.63, 3.8) is 0 Å². The number of thiophene rings is 1. The quantitative estimate of drug-likeness (QED) is 0.838. The second-order valence-corrected chi connectivity index (χ2v) is 10.0. The van der Waals surface area contributed by atoms with Gasteiger partial charge in [-0.2, -0.15) is 0 Å². The van der Waals surface area contributed by atoms with Gasteiger partial charge >= 0.3 is 0 Å². The van der Waals surface area contributed by atoms with E-state index in [0.717, 1.165) is 19.6 Å². The number of amides is 1. The molecule has 3 rings (SSSR count). The normalized spacial score (nSPS) is 22.5. The van der Waals surface area contributed by atoms with Gasteiger partial charge in [0.1, 0.15) is 0 Å². The zero-order valence-electron chi connectivity index (χ0n) is 14.0. The summed E-state index contributed by atoms with van der Waals surface area (Å²) in [4.78, 5) is 18.5. The molecular formula is C16H25N3O3S2. The van der Waals surface area contributed by atoms with Crippen molar-refractivity contribution < 1.29 is 13.2 Å². The first-order valence-corrected chi connectivity index (χ1v) is 11.1. The van der Waals surface area contributed by atoms with Crippen molar-refractivity contribution in [3.05, 3.63) is 22.4 Å². The number of carbonyl (C=O) groups excluding carboxylic acids is 1. The molecule has 1 aromatic rings. The summed E-state index contributed by atoms with van der Waals surface area (Å²) in [6.45, 7) is 4.86. The van der Waals surface area contributed by atoms with Gasteiger partial charge in [-0.3, -0.25) is 9.69 Å². The summed E-state index contributed by atoms with van der Waals surface area (Å²) in [6, 6.07) is 4.17. The lowest BCUT2D eigenvalue weighted by Crippen LogP contribution is -2.61. The Labute approximate surface area is 147 Å². The number of nitrogens with one attached hydrogen (secondary N) is 1. The van der Waals surface area contributed by atoms with Crippen LogP contribution in [0.2, 0.25) is 0 Å². The minimum absolute atomic E-state index is 0.192. The van der Waals surface area contributed by atoms with E-state index in [4.69, 9.17) is 0 Å². The Kier molecular flexibility index (Phi) is 5.29. The Balaban J connectivity index is 1.65. The number of piperidine rings is 1. The minimum Gasteiger partial charge on any atom is -0.339 e. The van der Waals surface area contributed by atoms with Crippen LogP contribution in [0.3, 0.4) is 0 Å². The van der Waals surface area contributed by atoms with E-state index < -0.39 is 14.6 Å². The van der Waals surface area contributed by atoms with E-state index >= 15 is 0 Å². The SMILES string of the molecule is CS(=O)(=O)C1(C(=O)N2CCN(Cc3cccs3)CC2)CCNCC1. The highest BCUT2D eigenvalue weighted by atomic mass is 32.2. The number of hydrogen-bond acceptors (Lipinski definition) is 6. The van der Waals surface area contributed by atoms with Crippen LogP contribution in [0.5, 0.6) is 0 Å². The summed E-state index contributed by atoms with van der Waals surface area (Å²) in [5, 5.41) is 5.23. The molecule has 1 aromatic heterocycles. The maximum Gasteiger partial charge on any atom is 0.244 e. The van der Waals surface area contributed by atoms with E-state index in [1.54, 1.807) is 16.2 Å². The molecule has 2 saturated heterocycles. The summed E-state index contributed by atoms with van der Waals surface area (Å²) in [6.07, 6.45) is 1.96. The number of nitrogens with zero attached hydrogens (tertiary/aromatic N) is 2. The van der Waals surface area contributed by atoms with Gasteiger partial charge in [0.15, 0.2) is 14.6 Å². The molecule has 0 aromatic carbocycles. The molecule has 1 amide bonds. The van der Waals surface area contributed by atoms with Gasteiger partial charge in [-0.05, 0) is 37.4 Å². The lowest BCUT2D eigenvalue weighted by molar-refractivity contribution is -0.136. The molecule has 2 aliphatic rings. The van der Waals surface area contributed by atoms with Crippen LogP contribution in [-0.2, 0) is 21.2 Å². The van der Waals surface area contributed by atoms with Gasteiger partial charge in [0.05, 0.1) is 0 Å². The van der Waals surface area contributed by atoms with Crippen molar-refractivity contribution in [3.8, 4) is 0 Å². The van der Waals surface area contributed by atoms with Crippen molar-refractivity contribution in [1.82, 2.24) is 15.1 Å². The highest BCUT2D eigenvalue weighted by Crippen LogP contribution is 2.30. The predicted octanol–water partition coefficient (Wildman–Crippen LogP) is 0.559.